The van der Waals surface area contributed by atoms with Crippen LogP contribution in [-0.2, 0) is 24.3 Å². The number of aromatic nitrogens is 1. The van der Waals surface area contributed by atoms with Gasteiger partial charge in [0.2, 0.25) is 0 Å². The van der Waals surface area contributed by atoms with Crippen LogP contribution in [0.25, 0.3) is 0 Å². The minimum absolute atomic E-state index is 0.623. The summed E-state index contributed by atoms with van der Waals surface area (Å²) in [5.74, 6) is 0.868. The fraction of sp³-hybridized carbons (Fsp3) is 0.389. The van der Waals surface area contributed by atoms with Gasteiger partial charge in [-0.3, -0.25) is 9.88 Å². The summed E-state index contributed by atoms with van der Waals surface area (Å²) in [6.07, 6.45) is 2.75. The van der Waals surface area contributed by atoms with Crippen molar-refractivity contribution in [2.24, 2.45) is 0 Å². The van der Waals surface area contributed by atoms with Gasteiger partial charge in [0.15, 0.2) is 0 Å². The average molecular weight is 313 g/mol. The van der Waals surface area contributed by atoms with E-state index in [0.29, 0.717) is 13.2 Å². The highest BCUT2D eigenvalue weighted by Crippen LogP contribution is 2.22. The molecule has 23 heavy (non-hydrogen) atoms. The highest BCUT2D eigenvalue weighted by atomic mass is 16.5. The fourth-order valence-corrected chi connectivity index (χ4v) is 2.81. The van der Waals surface area contributed by atoms with Crippen molar-refractivity contribution in [3.63, 3.8) is 0 Å². The molecule has 0 atom stereocenters. The Bertz CT molecular complexity index is 643. The second kappa shape index (κ2) is 7.44. The van der Waals surface area contributed by atoms with Crippen LogP contribution in [0.3, 0.4) is 0 Å². The predicted octanol–water partition coefficient (Wildman–Crippen LogP) is 2.25. The number of hydrogen-bond acceptors (Lipinski definition) is 5. The van der Waals surface area contributed by atoms with Crippen molar-refractivity contribution in [1.82, 2.24) is 9.88 Å². The molecular formula is C18H23N3O2. The van der Waals surface area contributed by atoms with Gasteiger partial charge in [-0.2, -0.15) is 0 Å². The normalized spacial score (nSPS) is 14.5. The first-order chi connectivity index (χ1) is 11.3. The fourth-order valence-electron chi connectivity index (χ4n) is 2.81. The minimum atomic E-state index is 0.623. The largest absolute Gasteiger partial charge is 0.497 e. The quantitative estimate of drug-likeness (QED) is 0.829. The molecule has 0 saturated carbocycles. The third-order valence-corrected chi connectivity index (χ3v) is 4.21. The van der Waals surface area contributed by atoms with Gasteiger partial charge in [-0.05, 0) is 23.8 Å². The molecule has 0 radical (unpaired) electrons. The lowest BCUT2D eigenvalue weighted by atomic mass is 10.0. The van der Waals surface area contributed by atoms with E-state index in [1.54, 1.807) is 13.3 Å². The van der Waals surface area contributed by atoms with E-state index in [1.807, 2.05) is 30.3 Å². The Labute approximate surface area is 137 Å². The van der Waals surface area contributed by atoms with Gasteiger partial charge in [0, 0.05) is 49.2 Å². The van der Waals surface area contributed by atoms with Crippen LogP contribution in [0.5, 0.6) is 5.75 Å². The predicted molar refractivity (Wildman–Crippen MR) is 90.3 cm³/mol. The third-order valence-electron chi connectivity index (χ3n) is 4.21. The number of methoxy groups -OCH3 is 1. The summed E-state index contributed by atoms with van der Waals surface area (Å²) in [6.45, 7) is 4.11. The average Bonchev–Trinajstić information content (AvgIpc) is 2.60. The van der Waals surface area contributed by atoms with Gasteiger partial charge in [0.25, 0.3) is 0 Å². The Balaban J connectivity index is 1.44. The lowest BCUT2D eigenvalue weighted by Gasteiger charge is -2.28. The van der Waals surface area contributed by atoms with Crippen molar-refractivity contribution >= 4 is 5.69 Å². The Morgan fingerprint density at radius 3 is 2.83 bits per heavy atom. The molecule has 1 aliphatic heterocycles. The zero-order valence-electron chi connectivity index (χ0n) is 13.5. The number of pyridine rings is 1. The van der Waals surface area contributed by atoms with Crippen LogP contribution in [0.15, 0.2) is 36.5 Å². The summed E-state index contributed by atoms with van der Waals surface area (Å²) >= 11 is 0. The van der Waals surface area contributed by atoms with E-state index in [4.69, 9.17) is 15.2 Å². The van der Waals surface area contributed by atoms with Crippen molar-refractivity contribution in [2.75, 3.05) is 32.5 Å². The van der Waals surface area contributed by atoms with Crippen molar-refractivity contribution in [3.8, 4) is 5.75 Å². The monoisotopic (exact) mass is 313 g/mol. The second-order valence-corrected chi connectivity index (χ2v) is 5.75. The molecule has 0 saturated heterocycles. The molecule has 2 aromatic rings. The number of rotatable bonds is 6. The Morgan fingerprint density at radius 1 is 1.22 bits per heavy atom. The maximum absolute atomic E-state index is 6.05. The number of ether oxygens (including phenoxy) is 2. The smallest absolute Gasteiger partial charge is 0.118 e. The molecule has 1 aromatic carbocycles. The summed E-state index contributed by atoms with van der Waals surface area (Å²) in [4.78, 5) is 6.79. The summed E-state index contributed by atoms with van der Waals surface area (Å²) in [5, 5.41) is 0. The lowest BCUT2D eigenvalue weighted by Crippen LogP contribution is -2.34. The minimum Gasteiger partial charge on any atom is -0.497 e. The van der Waals surface area contributed by atoms with Crippen LogP contribution >= 0.6 is 0 Å². The van der Waals surface area contributed by atoms with E-state index in [1.165, 1.54) is 5.56 Å². The number of nitrogens with zero attached hydrogens (tertiary/aromatic N) is 2. The van der Waals surface area contributed by atoms with Gasteiger partial charge in [0.05, 0.1) is 20.3 Å². The SMILES string of the molecule is COc1ccc(COCCN2CCc3nccc(N)c3C2)cc1. The molecule has 1 aromatic heterocycles. The van der Waals surface area contributed by atoms with Gasteiger partial charge in [-0.25, -0.2) is 0 Å². The van der Waals surface area contributed by atoms with Crippen molar-refractivity contribution in [2.45, 2.75) is 19.6 Å². The highest BCUT2D eigenvalue weighted by Gasteiger charge is 2.18. The topological polar surface area (TPSA) is 60.6 Å². The molecule has 0 fully saturated rings. The molecule has 1 aliphatic rings. The summed E-state index contributed by atoms with van der Waals surface area (Å²) in [6, 6.07) is 9.85. The first kappa shape index (κ1) is 15.8. The number of hydrogen-bond donors (Lipinski definition) is 1. The Hall–Kier alpha value is -2.11. The third kappa shape index (κ3) is 4.00. The molecule has 5 nitrogen and oxygen atoms in total. The zero-order chi connectivity index (χ0) is 16.1. The Kier molecular flexibility index (Phi) is 5.10. The van der Waals surface area contributed by atoms with Crippen LogP contribution in [-0.4, -0.2) is 36.7 Å². The molecule has 2 heterocycles. The summed E-state index contributed by atoms with van der Waals surface area (Å²) in [5.41, 5.74) is 10.4. The van der Waals surface area contributed by atoms with Crippen LogP contribution in [0.1, 0.15) is 16.8 Å². The van der Waals surface area contributed by atoms with Crippen molar-refractivity contribution in [3.05, 3.63) is 53.3 Å². The second-order valence-electron chi connectivity index (χ2n) is 5.75. The first-order valence-corrected chi connectivity index (χ1v) is 7.91. The van der Waals surface area contributed by atoms with Gasteiger partial charge in [-0.15, -0.1) is 0 Å². The van der Waals surface area contributed by atoms with Gasteiger partial charge < -0.3 is 15.2 Å². The first-order valence-electron chi connectivity index (χ1n) is 7.91. The number of nitrogens with two attached hydrogens (primary N) is 1. The lowest BCUT2D eigenvalue weighted by molar-refractivity contribution is 0.0884. The molecule has 2 N–H and O–H groups in total. The molecule has 0 bridgehead atoms. The summed E-state index contributed by atoms with van der Waals surface area (Å²) < 4.78 is 10.9. The van der Waals surface area contributed by atoms with E-state index in [2.05, 4.69) is 9.88 Å². The van der Waals surface area contributed by atoms with E-state index in [-0.39, 0.29) is 0 Å². The highest BCUT2D eigenvalue weighted by molar-refractivity contribution is 5.48. The van der Waals surface area contributed by atoms with E-state index >= 15 is 0 Å². The molecule has 0 aliphatic carbocycles. The Morgan fingerprint density at radius 2 is 2.04 bits per heavy atom. The number of fused-ring (bicyclic) bond motifs is 1. The standard InChI is InChI=1S/C18H23N3O2/c1-22-15-4-2-14(3-5-15)13-23-11-10-21-9-7-18-16(12-21)17(19)6-8-20-18/h2-6,8H,7,9-13H2,1H3,(H2,19,20). The van der Waals surface area contributed by atoms with E-state index < -0.39 is 0 Å². The maximum atomic E-state index is 6.05. The van der Waals surface area contributed by atoms with Crippen LogP contribution in [0.2, 0.25) is 0 Å². The number of benzene rings is 1. The molecule has 0 spiro atoms. The summed E-state index contributed by atoms with van der Waals surface area (Å²) in [7, 11) is 1.67. The van der Waals surface area contributed by atoms with Crippen LogP contribution in [0.4, 0.5) is 5.69 Å². The number of anilines is 1. The molecule has 5 heteroatoms. The zero-order valence-corrected chi connectivity index (χ0v) is 13.5. The molecular weight excluding hydrogens is 290 g/mol. The van der Waals surface area contributed by atoms with Gasteiger partial charge >= 0.3 is 0 Å². The van der Waals surface area contributed by atoms with Gasteiger partial charge in [-0.1, -0.05) is 12.1 Å². The molecule has 3 rings (SSSR count). The molecule has 122 valence electrons. The van der Waals surface area contributed by atoms with E-state index in [0.717, 1.165) is 48.7 Å². The van der Waals surface area contributed by atoms with E-state index in [9.17, 15) is 0 Å². The number of nitrogen functional groups attached to an aromatic ring is 1. The van der Waals surface area contributed by atoms with Gasteiger partial charge in [0.1, 0.15) is 5.75 Å². The molecule has 0 amide bonds. The maximum Gasteiger partial charge on any atom is 0.118 e. The molecule has 0 unspecified atom stereocenters. The van der Waals surface area contributed by atoms with Crippen LogP contribution in [0, 0.1) is 0 Å². The van der Waals surface area contributed by atoms with Crippen molar-refractivity contribution in [1.29, 1.82) is 0 Å². The van der Waals surface area contributed by atoms with Crippen LogP contribution < -0.4 is 10.5 Å². The van der Waals surface area contributed by atoms with Crippen molar-refractivity contribution < 1.29 is 9.47 Å².